The fourth-order valence-corrected chi connectivity index (χ4v) is 4.48. The largest absolute Gasteiger partial charge is 0.508 e. The maximum Gasteiger partial charge on any atom is 0.316 e. The molecule has 1 heterocycles. The van der Waals surface area contributed by atoms with Crippen LogP contribution in [-0.4, -0.2) is 40.9 Å². The number of thiazole rings is 1. The van der Waals surface area contributed by atoms with Crippen LogP contribution in [-0.2, 0) is 9.53 Å². The Kier molecular flexibility index (Phi) is 7.54. The van der Waals surface area contributed by atoms with E-state index in [0.29, 0.717) is 22.1 Å². The number of nitrogens with zero attached hydrogens (tertiary/aromatic N) is 2. The third kappa shape index (κ3) is 5.99. The van der Waals surface area contributed by atoms with Crippen molar-refractivity contribution < 1.29 is 24.2 Å². The maximum atomic E-state index is 13.4. The van der Waals surface area contributed by atoms with Crippen LogP contribution >= 0.6 is 23.1 Å². The minimum absolute atomic E-state index is 0.0316. The van der Waals surface area contributed by atoms with Gasteiger partial charge in [-0.2, -0.15) is 0 Å². The van der Waals surface area contributed by atoms with Gasteiger partial charge in [0.2, 0.25) is 0 Å². The second kappa shape index (κ2) is 10.3. The maximum absolute atomic E-state index is 13.4. The number of anilines is 2. The summed E-state index contributed by atoms with van der Waals surface area (Å²) in [6.07, 6.45) is 1.50. The standard InChI is InChI=1S/C22H22N2O5S2/c1-14(2)29-18-10-16(9-17(25)11-18)24(21(27)15-7-5-4-6-8-15)22-23-12-20(31-22)30-13-19(26)28-3/h4-12,14,25H,13H2,1-3H3. The number of carbonyl (C=O) groups excluding carboxylic acids is 2. The zero-order chi connectivity index (χ0) is 22.4. The van der Waals surface area contributed by atoms with E-state index in [0.717, 1.165) is 4.21 Å². The number of esters is 1. The third-order valence-corrected chi connectivity index (χ3v) is 6.10. The quantitative estimate of drug-likeness (QED) is 0.380. The SMILES string of the molecule is COC(=O)CSc1cnc(N(C(=O)c2ccccc2)c2cc(O)cc(OC(C)C)c2)s1. The lowest BCUT2D eigenvalue weighted by Gasteiger charge is -2.21. The van der Waals surface area contributed by atoms with E-state index in [4.69, 9.17) is 4.74 Å². The van der Waals surface area contributed by atoms with Crippen molar-refractivity contribution in [1.82, 2.24) is 4.98 Å². The fraction of sp³-hybridized carbons (Fsp3) is 0.227. The van der Waals surface area contributed by atoms with Gasteiger partial charge in [-0.3, -0.25) is 14.5 Å². The lowest BCUT2D eigenvalue weighted by atomic mass is 10.2. The Bertz CT molecular complexity index is 1050. The molecule has 31 heavy (non-hydrogen) atoms. The number of methoxy groups -OCH3 is 1. The molecule has 0 saturated carbocycles. The van der Waals surface area contributed by atoms with Gasteiger partial charge in [-0.15, -0.1) is 11.8 Å². The molecular weight excluding hydrogens is 436 g/mol. The number of hydrogen-bond donors (Lipinski definition) is 1. The number of phenols is 1. The molecule has 3 aromatic rings. The van der Waals surface area contributed by atoms with Crippen molar-refractivity contribution in [2.45, 2.75) is 24.2 Å². The number of aromatic hydroxyl groups is 1. The number of aromatic nitrogens is 1. The molecule has 9 heteroatoms. The summed E-state index contributed by atoms with van der Waals surface area (Å²) < 4.78 is 11.1. The Balaban J connectivity index is 2.01. The Hall–Kier alpha value is -3.04. The van der Waals surface area contributed by atoms with Gasteiger partial charge in [-0.25, -0.2) is 4.98 Å². The summed E-state index contributed by atoms with van der Waals surface area (Å²) in [6.45, 7) is 3.75. The summed E-state index contributed by atoms with van der Waals surface area (Å²) in [5, 5.41) is 10.6. The van der Waals surface area contributed by atoms with Crippen LogP contribution in [0.15, 0.2) is 58.9 Å². The zero-order valence-electron chi connectivity index (χ0n) is 17.3. The van der Waals surface area contributed by atoms with Crippen LogP contribution in [0.25, 0.3) is 0 Å². The molecule has 1 N–H and O–H groups in total. The molecule has 0 unspecified atom stereocenters. The van der Waals surface area contributed by atoms with E-state index in [1.54, 1.807) is 36.5 Å². The number of hydrogen-bond acceptors (Lipinski definition) is 8. The van der Waals surface area contributed by atoms with Crippen LogP contribution in [0.2, 0.25) is 0 Å². The molecule has 2 aromatic carbocycles. The minimum atomic E-state index is -0.347. The molecule has 3 rings (SSSR count). The van der Waals surface area contributed by atoms with E-state index < -0.39 is 0 Å². The summed E-state index contributed by atoms with van der Waals surface area (Å²) in [4.78, 5) is 30.7. The van der Waals surface area contributed by atoms with Gasteiger partial charge in [0.05, 0.1) is 35.1 Å². The number of ether oxygens (including phenoxy) is 2. The highest BCUT2D eigenvalue weighted by atomic mass is 32.2. The van der Waals surface area contributed by atoms with Gasteiger partial charge in [-0.1, -0.05) is 29.5 Å². The number of thioether (sulfide) groups is 1. The van der Waals surface area contributed by atoms with Gasteiger partial charge in [0.15, 0.2) is 5.13 Å². The van der Waals surface area contributed by atoms with Crippen LogP contribution in [0.3, 0.4) is 0 Å². The van der Waals surface area contributed by atoms with E-state index >= 15 is 0 Å². The van der Waals surface area contributed by atoms with Crippen molar-refractivity contribution in [1.29, 1.82) is 0 Å². The van der Waals surface area contributed by atoms with Crippen LogP contribution in [0.4, 0.5) is 10.8 Å². The average Bonchev–Trinajstić information content (AvgIpc) is 3.20. The molecule has 162 valence electrons. The molecule has 7 nitrogen and oxygen atoms in total. The van der Waals surface area contributed by atoms with E-state index in [-0.39, 0.29) is 29.5 Å². The highest BCUT2D eigenvalue weighted by Gasteiger charge is 2.24. The van der Waals surface area contributed by atoms with E-state index in [1.807, 2.05) is 19.9 Å². The summed E-state index contributed by atoms with van der Waals surface area (Å²) in [7, 11) is 1.33. The zero-order valence-corrected chi connectivity index (χ0v) is 18.9. The number of phenolic OH excluding ortho intramolecular Hbond substituents is 1. The van der Waals surface area contributed by atoms with Gasteiger partial charge in [0.25, 0.3) is 5.91 Å². The molecule has 0 atom stereocenters. The number of rotatable bonds is 8. The second-order valence-electron chi connectivity index (χ2n) is 6.68. The Morgan fingerprint density at radius 1 is 1.19 bits per heavy atom. The molecule has 0 aliphatic carbocycles. The van der Waals surface area contributed by atoms with Crippen molar-refractivity contribution in [3.8, 4) is 11.5 Å². The lowest BCUT2D eigenvalue weighted by Crippen LogP contribution is -2.25. The van der Waals surface area contributed by atoms with Gasteiger partial charge >= 0.3 is 5.97 Å². The molecular formula is C22H22N2O5S2. The summed E-state index contributed by atoms with van der Waals surface area (Å²) in [5.74, 6) is -0.103. The monoisotopic (exact) mass is 458 g/mol. The van der Waals surface area contributed by atoms with E-state index in [2.05, 4.69) is 9.72 Å². The van der Waals surface area contributed by atoms with E-state index in [1.165, 1.54) is 47.2 Å². The lowest BCUT2D eigenvalue weighted by molar-refractivity contribution is -0.137. The predicted octanol–water partition coefficient (Wildman–Crippen LogP) is 4.88. The second-order valence-corrected chi connectivity index (χ2v) is 8.97. The molecule has 0 bridgehead atoms. The molecule has 0 spiro atoms. The van der Waals surface area contributed by atoms with Crippen LogP contribution in [0, 0.1) is 0 Å². The van der Waals surface area contributed by atoms with Crippen molar-refractivity contribution in [3.63, 3.8) is 0 Å². The molecule has 0 aliphatic rings. The molecule has 0 radical (unpaired) electrons. The predicted molar refractivity (Wildman–Crippen MR) is 122 cm³/mol. The Morgan fingerprint density at radius 2 is 1.94 bits per heavy atom. The third-order valence-electron chi connectivity index (χ3n) is 3.95. The normalized spacial score (nSPS) is 10.7. The number of benzene rings is 2. The molecule has 0 saturated heterocycles. The topological polar surface area (TPSA) is 89.0 Å². The van der Waals surface area contributed by atoms with Gasteiger partial charge in [0, 0.05) is 23.8 Å². The van der Waals surface area contributed by atoms with Gasteiger partial charge in [-0.05, 0) is 26.0 Å². The first-order valence-corrected chi connectivity index (χ1v) is 11.2. The first-order chi connectivity index (χ1) is 14.9. The molecule has 0 fully saturated rings. The Morgan fingerprint density at radius 3 is 2.61 bits per heavy atom. The average molecular weight is 459 g/mol. The summed E-state index contributed by atoms with van der Waals surface area (Å²) in [5.41, 5.74) is 0.888. The van der Waals surface area contributed by atoms with Crippen LogP contribution in [0.5, 0.6) is 11.5 Å². The first-order valence-electron chi connectivity index (χ1n) is 9.43. The molecule has 1 amide bonds. The number of amides is 1. The smallest absolute Gasteiger partial charge is 0.316 e. The van der Waals surface area contributed by atoms with Crippen molar-refractivity contribution >= 4 is 45.8 Å². The highest BCUT2D eigenvalue weighted by Crippen LogP contribution is 2.38. The van der Waals surface area contributed by atoms with Crippen molar-refractivity contribution in [2.24, 2.45) is 0 Å². The first kappa shape index (κ1) is 22.6. The van der Waals surface area contributed by atoms with Gasteiger partial charge in [0.1, 0.15) is 11.5 Å². The summed E-state index contributed by atoms with van der Waals surface area (Å²) >= 11 is 2.54. The van der Waals surface area contributed by atoms with Crippen molar-refractivity contribution in [3.05, 3.63) is 60.3 Å². The minimum Gasteiger partial charge on any atom is -0.508 e. The summed E-state index contributed by atoms with van der Waals surface area (Å²) in [6, 6.07) is 13.5. The van der Waals surface area contributed by atoms with Crippen LogP contribution < -0.4 is 9.64 Å². The van der Waals surface area contributed by atoms with Crippen LogP contribution in [0.1, 0.15) is 24.2 Å². The molecule has 1 aromatic heterocycles. The highest BCUT2D eigenvalue weighted by molar-refractivity contribution is 8.01. The Labute approximate surface area is 188 Å². The fourth-order valence-electron chi connectivity index (χ4n) is 2.67. The van der Waals surface area contributed by atoms with Gasteiger partial charge < -0.3 is 14.6 Å². The molecule has 0 aliphatic heterocycles. The van der Waals surface area contributed by atoms with E-state index in [9.17, 15) is 14.7 Å². The van der Waals surface area contributed by atoms with Crippen molar-refractivity contribution in [2.75, 3.05) is 17.8 Å². The number of carbonyl (C=O) groups is 2.